The van der Waals surface area contributed by atoms with Crippen molar-refractivity contribution in [2.24, 2.45) is 0 Å². The van der Waals surface area contributed by atoms with Crippen molar-refractivity contribution in [2.45, 2.75) is 18.0 Å². The Labute approximate surface area is 111 Å². The highest BCUT2D eigenvalue weighted by Gasteiger charge is 2.35. The average Bonchev–Trinajstić information content (AvgIpc) is 2.49. The summed E-state index contributed by atoms with van der Waals surface area (Å²) in [5.74, 6) is 0.170. The van der Waals surface area contributed by atoms with Gasteiger partial charge in [0.1, 0.15) is 0 Å². The lowest BCUT2D eigenvalue weighted by Gasteiger charge is -2.14. The quantitative estimate of drug-likeness (QED) is 0.865. The normalized spacial score (nSPS) is 27.2. The third-order valence-corrected chi connectivity index (χ3v) is 5.35. The average molecular weight is 294 g/mol. The van der Waals surface area contributed by atoms with E-state index in [1.54, 1.807) is 6.07 Å². The van der Waals surface area contributed by atoms with Gasteiger partial charge in [0, 0.05) is 17.6 Å². The van der Waals surface area contributed by atoms with Gasteiger partial charge in [0.2, 0.25) is 0 Å². The molecular weight excluding hydrogens is 281 g/mol. The number of hydrogen-bond acceptors (Lipinski definition) is 3. The third-order valence-electron chi connectivity index (χ3n) is 2.74. The number of rotatable bonds is 3. The number of nitrogens with one attached hydrogen (secondary N) is 1. The maximum Gasteiger partial charge on any atom is 0.153 e. The molecule has 0 radical (unpaired) electrons. The first-order valence-corrected chi connectivity index (χ1v) is 7.92. The van der Waals surface area contributed by atoms with E-state index in [0.717, 1.165) is 5.56 Å². The van der Waals surface area contributed by atoms with Gasteiger partial charge < -0.3 is 5.32 Å². The molecule has 1 aliphatic heterocycles. The first kappa shape index (κ1) is 13.1. The molecule has 0 amide bonds. The minimum Gasteiger partial charge on any atom is -0.307 e. The zero-order valence-corrected chi connectivity index (χ0v) is 11.4. The smallest absolute Gasteiger partial charge is 0.153 e. The van der Waals surface area contributed by atoms with Crippen LogP contribution < -0.4 is 5.32 Å². The molecule has 0 spiro atoms. The molecule has 1 aromatic rings. The van der Waals surface area contributed by atoms with E-state index < -0.39 is 9.84 Å². The van der Waals surface area contributed by atoms with Crippen molar-refractivity contribution < 1.29 is 8.42 Å². The molecule has 1 saturated heterocycles. The molecule has 2 atom stereocenters. The van der Waals surface area contributed by atoms with Crippen LogP contribution in [-0.4, -0.2) is 31.3 Å². The largest absolute Gasteiger partial charge is 0.307 e. The summed E-state index contributed by atoms with van der Waals surface area (Å²) in [4.78, 5) is 0. The van der Waals surface area contributed by atoms with Crippen molar-refractivity contribution in [2.75, 3.05) is 11.5 Å². The number of hydrogen-bond donors (Lipinski definition) is 1. The minimum atomic E-state index is -2.98. The monoisotopic (exact) mass is 293 g/mol. The molecule has 0 aliphatic carbocycles. The number of sulfone groups is 1. The molecule has 1 N–H and O–H groups in total. The third kappa shape index (κ3) is 3.58. The van der Waals surface area contributed by atoms with Gasteiger partial charge in [0.25, 0.3) is 0 Å². The van der Waals surface area contributed by atoms with Crippen LogP contribution >= 0.6 is 23.2 Å². The van der Waals surface area contributed by atoms with Gasteiger partial charge in [-0.25, -0.2) is 8.42 Å². The summed E-state index contributed by atoms with van der Waals surface area (Å²) in [6.45, 7) is 0.573. The van der Waals surface area contributed by atoms with Crippen LogP contribution in [0.5, 0.6) is 0 Å². The van der Waals surface area contributed by atoms with E-state index >= 15 is 0 Å². The van der Waals surface area contributed by atoms with Crippen molar-refractivity contribution in [3.05, 3.63) is 34.9 Å². The van der Waals surface area contributed by atoms with Crippen LogP contribution in [0, 0.1) is 0 Å². The highest BCUT2D eigenvalue weighted by molar-refractivity contribution is 7.91. The predicted molar refractivity (Wildman–Crippen MR) is 70.4 cm³/mol. The Kier molecular flexibility index (Phi) is 3.98. The highest BCUT2D eigenvalue weighted by atomic mass is 35.5. The lowest BCUT2D eigenvalue weighted by atomic mass is 10.2. The zero-order valence-electron chi connectivity index (χ0n) is 9.07. The van der Waals surface area contributed by atoms with Gasteiger partial charge >= 0.3 is 0 Å². The fraction of sp³-hybridized carbons (Fsp3) is 0.455. The lowest BCUT2D eigenvalue weighted by molar-refractivity contribution is 0.558. The molecule has 6 heteroatoms. The molecule has 1 aromatic carbocycles. The van der Waals surface area contributed by atoms with Gasteiger partial charge in [-0.1, -0.05) is 23.7 Å². The highest BCUT2D eigenvalue weighted by Crippen LogP contribution is 2.19. The maximum atomic E-state index is 11.4. The number of halogens is 2. The van der Waals surface area contributed by atoms with Crippen LogP contribution in [0.3, 0.4) is 0 Å². The van der Waals surface area contributed by atoms with E-state index in [0.29, 0.717) is 11.6 Å². The second kappa shape index (κ2) is 5.14. The van der Waals surface area contributed by atoms with E-state index in [4.69, 9.17) is 23.2 Å². The fourth-order valence-corrected chi connectivity index (χ4v) is 4.71. The van der Waals surface area contributed by atoms with Gasteiger partial charge in [-0.05, 0) is 17.7 Å². The van der Waals surface area contributed by atoms with Gasteiger partial charge in [0.15, 0.2) is 9.84 Å². The van der Waals surface area contributed by atoms with Crippen LogP contribution in [0.4, 0.5) is 0 Å². The van der Waals surface area contributed by atoms with Crippen molar-refractivity contribution in [3.8, 4) is 0 Å². The van der Waals surface area contributed by atoms with Gasteiger partial charge in [-0.3, -0.25) is 0 Å². The van der Waals surface area contributed by atoms with Crippen molar-refractivity contribution >= 4 is 33.0 Å². The van der Waals surface area contributed by atoms with Crippen molar-refractivity contribution in [1.29, 1.82) is 0 Å². The fourth-order valence-electron chi connectivity index (χ4n) is 1.89. The molecule has 2 rings (SSSR count). The molecule has 0 aromatic heterocycles. The van der Waals surface area contributed by atoms with Gasteiger partial charge in [0.05, 0.1) is 16.9 Å². The van der Waals surface area contributed by atoms with Crippen molar-refractivity contribution in [1.82, 2.24) is 5.32 Å². The van der Waals surface area contributed by atoms with Crippen LogP contribution in [0.2, 0.25) is 5.02 Å². The molecular formula is C11H13Cl2NO2S. The summed E-state index contributed by atoms with van der Waals surface area (Å²) in [5, 5.41) is 3.48. The standard InChI is InChI=1S/C11H13Cl2NO2S/c12-9-3-1-2-8(4-9)5-14-11-7-17(15,16)6-10(11)13/h1-4,10-11,14H,5-7H2/t10-,11+/m0/s1. The molecule has 1 heterocycles. The molecule has 3 nitrogen and oxygen atoms in total. The predicted octanol–water partition coefficient (Wildman–Crippen LogP) is 1.83. The molecule has 1 aliphatic rings. The Morgan fingerprint density at radius 2 is 2.12 bits per heavy atom. The van der Waals surface area contributed by atoms with E-state index in [9.17, 15) is 8.42 Å². The molecule has 0 saturated carbocycles. The number of benzene rings is 1. The Morgan fingerprint density at radius 3 is 2.71 bits per heavy atom. The van der Waals surface area contributed by atoms with Gasteiger partial charge in [-0.15, -0.1) is 11.6 Å². The Balaban J connectivity index is 1.95. The van der Waals surface area contributed by atoms with E-state index in [1.807, 2.05) is 18.2 Å². The zero-order chi connectivity index (χ0) is 12.5. The maximum absolute atomic E-state index is 11.4. The van der Waals surface area contributed by atoms with E-state index in [2.05, 4.69) is 5.32 Å². The van der Waals surface area contributed by atoms with E-state index in [-0.39, 0.29) is 22.9 Å². The molecule has 0 unspecified atom stereocenters. The SMILES string of the molecule is O=S1(=O)C[C@H](Cl)[C@H](NCc2cccc(Cl)c2)C1. The molecule has 0 bridgehead atoms. The number of alkyl halides is 1. The lowest BCUT2D eigenvalue weighted by Crippen LogP contribution is -2.35. The van der Waals surface area contributed by atoms with Crippen LogP contribution in [-0.2, 0) is 16.4 Å². The van der Waals surface area contributed by atoms with E-state index in [1.165, 1.54) is 0 Å². The summed E-state index contributed by atoms with van der Waals surface area (Å²) in [6, 6.07) is 7.27. The van der Waals surface area contributed by atoms with Crippen LogP contribution in [0.15, 0.2) is 24.3 Å². The van der Waals surface area contributed by atoms with Crippen LogP contribution in [0.1, 0.15) is 5.56 Å². The summed E-state index contributed by atoms with van der Waals surface area (Å²) < 4.78 is 22.7. The summed E-state index contributed by atoms with van der Waals surface area (Å²) in [6.07, 6.45) is 0. The minimum absolute atomic E-state index is 0.0573. The topological polar surface area (TPSA) is 46.2 Å². The first-order chi connectivity index (χ1) is 7.96. The summed E-state index contributed by atoms with van der Waals surface area (Å²) in [7, 11) is -2.98. The molecule has 1 fully saturated rings. The summed E-state index contributed by atoms with van der Waals surface area (Å²) >= 11 is 11.9. The van der Waals surface area contributed by atoms with Gasteiger partial charge in [-0.2, -0.15) is 0 Å². The Hall–Kier alpha value is -0.290. The molecule has 17 heavy (non-hydrogen) atoms. The second-order valence-electron chi connectivity index (χ2n) is 4.21. The summed E-state index contributed by atoms with van der Waals surface area (Å²) in [5.41, 5.74) is 1.02. The van der Waals surface area contributed by atoms with Crippen molar-refractivity contribution in [3.63, 3.8) is 0 Å². The Bertz CT molecular complexity index is 504. The second-order valence-corrected chi connectivity index (χ2v) is 7.36. The van der Waals surface area contributed by atoms with Crippen LogP contribution in [0.25, 0.3) is 0 Å². The molecule has 94 valence electrons. The first-order valence-electron chi connectivity index (χ1n) is 5.28. The Morgan fingerprint density at radius 1 is 1.35 bits per heavy atom.